The molecule has 7 heteroatoms. The minimum absolute atomic E-state index is 0.122. The van der Waals surface area contributed by atoms with Crippen molar-refractivity contribution < 1.29 is 12.8 Å². The van der Waals surface area contributed by atoms with Gasteiger partial charge in [-0.15, -0.1) is 0 Å². The lowest BCUT2D eigenvalue weighted by molar-refractivity contribution is 0.352. The van der Waals surface area contributed by atoms with Gasteiger partial charge in [-0.1, -0.05) is 43.6 Å². The molecule has 0 unspecified atom stereocenters. The zero-order valence-electron chi connectivity index (χ0n) is 10.9. The number of sulfonamides is 1. The maximum atomic E-state index is 13.7. The molecule has 0 atom stereocenters. The van der Waals surface area contributed by atoms with Crippen molar-refractivity contribution in [3.05, 3.63) is 30.1 Å². The highest BCUT2D eigenvalue weighted by molar-refractivity contribution is 7.89. The van der Waals surface area contributed by atoms with E-state index < -0.39 is 21.4 Å². The predicted octanol–water partition coefficient (Wildman–Crippen LogP) is 2.09. The average molecular weight is 316 g/mol. The van der Waals surface area contributed by atoms with E-state index in [9.17, 15) is 12.8 Å². The van der Waals surface area contributed by atoms with Crippen molar-refractivity contribution in [3.63, 3.8) is 0 Å². The molecule has 0 bridgehead atoms. The van der Waals surface area contributed by atoms with Gasteiger partial charge >= 0.3 is 0 Å². The van der Waals surface area contributed by atoms with Crippen LogP contribution in [0, 0.1) is 5.82 Å². The zero-order valence-corrected chi connectivity index (χ0v) is 12.6. The molecular weight excluding hydrogens is 299 g/mol. The number of halogens is 1. The van der Waals surface area contributed by atoms with Gasteiger partial charge in [-0.05, 0) is 25.0 Å². The molecule has 1 aromatic carbocycles. The number of hydrogen-bond acceptors (Lipinski definition) is 3. The van der Waals surface area contributed by atoms with Crippen LogP contribution in [0.25, 0.3) is 0 Å². The first-order valence-corrected chi connectivity index (χ1v) is 8.35. The molecule has 1 aliphatic carbocycles. The minimum atomic E-state index is -3.99. The van der Waals surface area contributed by atoms with E-state index in [1.54, 1.807) is 0 Å². The van der Waals surface area contributed by atoms with Gasteiger partial charge in [0.2, 0.25) is 10.0 Å². The molecule has 2 rings (SSSR count). The standard InChI is InChI=1S/C13H17FN2O2S2/c14-10-6-2-3-7-11(10)20(17,18)16-13(12(15)19)8-4-1-5-9-13/h2-3,6-7,16H,1,4-5,8-9H2,(H2,15,19). The molecule has 0 aromatic heterocycles. The van der Waals surface area contributed by atoms with E-state index >= 15 is 0 Å². The summed E-state index contributed by atoms with van der Waals surface area (Å²) in [5.41, 5.74) is 4.80. The van der Waals surface area contributed by atoms with Gasteiger partial charge in [-0.25, -0.2) is 12.8 Å². The first-order valence-electron chi connectivity index (χ1n) is 6.46. The Kier molecular flexibility index (Phi) is 4.41. The van der Waals surface area contributed by atoms with Gasteiger partial charge in [0.05, 0.1) is 10.5 Å². The molecule has 0 radical (unpaired) electrons. The molecule has 3 N–H and O–H groups in total. The maximum absolute atomic E-state index is 13.7. The third kappa shape index (κ3) is 2.99. The normalized spacial score (nSPS) is 18.6. The molecular formula is C13H17FN2O2S2. The smallest absolute Gasteiger partial charge is 0.244 e. The Morgan fingerprint density at radius 2 is 1.85 bits per heavy atom. The number of nitrogens with two attached hydrogens (primary N) is 1. The molecule has 4 nitrogen and oxygen atoms in total. The largest absolute Gasteiger partial charge is 0.392 e. The molecule has 1 aliphatic rings. The van der Waals surface area contributed by atoms with E-state index in [-0.39, 0.29) is 9.88 Å². The number of benzene rings is 1. The molecule has 0 amide bonds. The van der Waals surface area contributed by atoms with Crippen LogP contribution in [-0.2, 0) is 10.0 Å². The van der Waals surface area contributed by atoms with Crippen LogP contribution in [0.1, 0.15) is 32.1 Å². The Hall–Kier alpha value is -1.05. The van der Waals surface area contributed by atoms with Crippen LogP contribution in [0.5, 0.6) is 0 Å². The van der Waals surface area contributed by atoms with Crippen molar-refractivity contribution in [1.29, 1.82) is 0 Å². The quantitative estimate of drug-likeness (QED) is 0.834. The summed E-state index contributed by atoms with van der Waals surface area (Å²) < 4.78 is 40.9. The van der Waals surface area contributed by atoms with Crippen molar-refractivity contribution in [3.8, 4) is 0 Å². The van der Waals surface area contributed by atoms with Crippen molar-refractivity contribution in [2.75, 3.05) is 0 Å². The topological polar surface area (TPSA) is 72.2 Å². The second-order valence-corrected chi connectivity index (χ2v) is 7.13. The molecule has 1 saturated carbocycles. The van der Waals surface area contributed by atoms with Crippen molar-refractivity contribution in [1.82, 2.24) is 4.72 Å². The van der Waals surface area contributed by atoms with E-state index in [0.29, 0.717) is 12.8 Å². The van der Waals surface area contributed by atoms with Crippen LogP contribution in [0.4, 0.5) is 4.39 Å². The maximum Gasteiger partial charge on any atom is 0.244 e. The molecule has 1 fully saturated rings. The summed E-state index contributed by atoms with van der Waals surface area (Å²) in [5.74, 6) is -0.783. The van der Waals surface area contributed by atoms with Gasteiger partial charge in [-0.3, -0.25) is 0 Å². The second kappa shape index (κ2) is 5.75. The first kappa shape index (κ1) is 15.3. The summed E-state index contributed by atoms with van der Waals surface area (Å²) in [7, 11) is -3.99. The van der Waals surface area contributed by atoms with Crippen molar-refractivity contribution in [2.24, 2.45) is 5.73 Å². The number of nitrogens with one attached hydrogen (secondary N) is 1. The molecule has 0 saturated heterocycles. The van der Waals surface area contributed by atoms with Gasteiger partial charge in [0.25, 0.3) is 0 Å². The lowest BCUT2D eigenvalue weighted by Gasteiger charge is -2.36. The molecule has 1 aromatic rings. The van der Waals surface area contributed by atoms with Gasteiger partial charge in [-0.2, -0.15) is 4.72 Å². The van der Waals surface area contributed by atoms with Crippen LogP contribution >= 0.6 is 12.2 Å². The number of rotatable bonds is 4. The van der Waals surface area contributed by atoms with Gasteiger partial charge in [0.15, 0.2) is 0 Å². The fourth-order valence-electron chi connectivity index (χ4n) is 2.53. The van der Waals surface area contributed by atoms with Gasteiger partial charge in [0.1, 0.15) is 10.7 Å². The van der Waals surface area contributed by atoms with Crippen LogP contribution in [0.3, 0.4) is 0 Å². The highest BCUT2D eigenvalue weighted by Gasteiger charge is 2.39. The highest BCUT2D eigenvalue weighted by atomic mass is 32.2. The highest BCUT2D eigenvalue weighted by Crippen LogP contribution is 2.30. The lowest BCUT2D eigenvalue weighted by atomic mass is 9.82. The summed E-state index contributed by atoms with van der Waals surface area (Å²) in [6.45, 7) is 0. The average Bonchev–Trinajstić information content (AvgIpc) is 2.39. The Labute approximate surface area is 123 Å². The van der Waals surface area contributed by atoms with E-state index in [1.165, 1.54) is 18.2 Å². The summed E-state index contributed by atoms with van der Waals surface area (Å²) in [4.78, 5) is -0.252. The second-order valence-electron chi connectivity index (χ2n) is 5.04. The molecule has 0 aliphatic heterocycles. The minimum Gasteiger partial charge on any atom is -0.392 e. The van der Waals surface area contributed by atoms with Crippen LogP contribution in [-0.4, -0.2) is 18.9 Å². The first-order chi connectivity index (χ1) is 9.37. The molecule has 110 valence electrons. The fourth-order valence-corrected chi connectivity index (χ4v) is 4.37. The Bertz CT molecular complexity index is 611. The van der Waals surface area contributed by atoms with Crippen LogP contribution in [0.2, 0.25) is 0 Å². The fraction of sp³-hybridized carbons (Fsp3) is 0.462. The van der Waals surface area contributed by atoms with E-state index in [1.807, 2.05) is 0 Å². The Balaban J connectivity index is 2.35. The Morgan fingerprint density at radius 1 is 1.25 bits per heavy atom. The van der Waals surface area contributed by atoms with Crippen molar-refractivity contribution >= 4 is 27.2 Å². The monoisotopic (exact) mass is 316 g/mol. The van der Waals surface area contributed by atoms with Gasteiger partial charge in [0, 0.05) is 0 Å². The third-order valence-corrected chi connectivity index (χ3v) is 5.59. The summed E-state index contributed by atoms with van der Waals surface area (Å²) in [5, 5.41) is 0. The van der Waals surface area contributed by atoms with Gasteiger partial charge < -0.3 is 5.73 Å². The molecule has 0 spiro atoms. The summed E-state index contributed by atoms with van der Waals surface area (Å²) in [6, 6.07) is 5.26. The van der Waals surface area contributed by atoms with E-state index in [2.05, 4.69) is 4.72 Å². The summed E-state index contributed by atoms with van der Waals surface area (Å²) >= 11 is 5.04. The molecule has 0 heterocycles. The lowest BCUT2D eigenvalue weighted by Crippen LogP contribution is -2.57. The number of hydrogen-bond donors (Lipinski definition) is 2. The zero-order chi connectivity index (χ0) is 14.8. The molecule has 20 heavy (non-hydrogen) atoms. The summed E-state index contributed by atoms with van der Waals surface area (Å²) in [6.07, 6.45) is 3.81. The Morgan fingerprint density at radius 3 is 2.40 bits per heavy atom. The number of thiocarbonyl (C=S) groups is 1. The van der Waals surface area contributed by atoms with Crippen LogP contribution < -0.4 is 10.5 Å². The predicted molar refractivity (Wildman–Crippen MR) is 79.3 cm³/mol. The van der Waals surface area contributed by atoms with E-state index in [4.69, 9.17) is 18.0 Å². The van der Waals surface area contributed by atoms with Crippen LogP contribution in [0.15, 0.2) is 29.2 Å². The SMILES string of the molecule is NC(=S)C1(NS(=O)(=O)c2ccccc2F)CCCCC1. The van der Waals surface area contributed by atoms with E-state index in [0.717, 1.165) is 25.3 Å². The third-order valence-electron chi connectivity index (χ3n) is 3.63. The van der Waals surface area contributed by atoms with Crippen molar-refractivity contribution in [2.45, 2.75) is 42.5 Å².